The van der Waals surface area contributed by atoms with Gasteiger partial charge in [0.25, 0.3) is 0 Å². The Labute approximate surface area is 116 Å². The van der Waals surface area contributed by atoms with Crippen molar-refractivity contribution in [1.82, 2.24) is 4.90 Å². The molecule has 0 bridgehead atoms. The van der Waals surface area contributed by atoms with E-state index in [2.05, 4.69) is 0 Å². The standard InChI is InChI=1S/C14H17FN2O3/c15-11-4-2-1-3-9(11)8-17(10-5-6-10)14(20)12(16)7-13(18)19/h1-4,10,12H,5-8,16H2,(H,18,19). The van der Waals surface area contributed by atoms with E-state index in [0.717, 1.165) is 12.8 Å². The molecule has 0 saturated heterocycles. The number of hydrogen-bond acceptors (Lipinski definition) is 3. The zero-order chi connectivity index (χ0) is 14.7. The number of carboxylic acids is 1. The van der Waals surface area contributed by atoms with Gasteiger partial charge in [-0.25, -0.2) is 4.39 Å². The summed E-state index contributed by atoms with van der Waals surface area (Å²) in [6.07, 6.45) is 1.28. The maximum Gasteiger partial charge on any atom is 0.305 e. The molecule has 1 fully saturated rings. The van der Waals surface area contributed by atoms with Gasteiger partial charge in [-0.05, 0) is 18.9 Å². The lowest BCUT2D eigenvalue weighted by Gasteiger charge is -2.25. The van der Waals surface area contributed by atoms with Crippen LogP contribution in [0, 0.1) is 5.82 Å². The molecule has 20 heavy (non-hydrogen) atoms. The van der Waals surface area contributed by atoms with Gasteiger partial charge >= 0.3 is 5.97 Å². The van der Waals surface area contributed by atoms with E-state index in [1.165, 1.54) is 11.0 Å². The van der Waals surface area contributed by atoms with Crippen LogP contribution in [-0.2, 0) is 16.1 Å². The predicted octanol–water partition coefficient (Wildman–Crippen LogP) is 1.12. The molecule has 1 aromatic carbocycles. The number of nitrogens with two attached hydrogens (primary N) is 1. The van der Waals surface area contributed by atoms with Gasteiger partial charge in [-0.15, -0.1) is 0 Å². The molecule has 0 radical (unpaired) electrons. The van der Waals surface area contributed by atoms with E-state index in [0.29, 0.717) is 5.56 Å². The summed E-state index contributed by atoms with van der Waals surface area (Å²) < 4.78 is 13.6. The molecule has 108 valence electrons. The number of rotatable bonds is 6. The van der Waals surface area contributed by atoms with Crippen molar-refractivity contribution in [3.8, 4) is 0 Å². The van der Waals surface area contributed by atoms with E-state index in [4.69, 9.17) is 10.8 Å². The maximum atomic E-state index is 13.6. The Balaban J connectivity index is 2.09. The summed E-state index contributed by atoms with van der Waals surface area (Å²) in [7, 11) is 0. The van der Waals surface area contributed by atoms with Crippen LogP contribution in [0.15, 0.2) is 24.3 Å². The van der Waals surface area contributed by atoms with Gasteiger partial charge in [0.05, 0.1) is 12.5 Å². The van der Waals surface area contributed by atoms with E-state index in [-0.39, 0.29) is 18.4 Å². The lowest BCUT2D eigenvalue weighted by molar-refractivity contribution is -0.142. The molecule has 1 saturated carbocycles. The second-order valence-electron chi connectivity index (χ2n) is 4.99. The molecule has 5 nitrogen and oxygen atoms in total. The second kappa shape index (κ2) is 6.00. The van der Waals surface area contributed by atoms with Crippen molar-refractivity contribution >= 4 is 11.9 Å². The summed E-state index contributed by atoms with van der Waals surface area (Å²) in [5, 5.41) is 8.69. The third-order valence-electron chi connectivity index (χ3n) is 3.28. The molecular weight excluding hydrogens is 263 g/mol. The number of amides is 1. The first kappa shape index (κ1) is 14.5. The minimum atomic E-state index is -1.12. The number of carbonyl (C=O) groups is 2. The molecule has 2 rings (SSSR count). The van der Waals surface area contributed by atoms with Crippen molar-refractivity contribution < 1.29 is 19.1 Å². The highest BCUT2D eigenvalue weighted by atomic mass is 19.1. The number of carbonyl (C=O) groups excluding carboxylic acids is 1. The monoisotopic (exact) mass is 280 g/mol. The molecule has 1 unspecified atom stereocenters. The Bertz CT molecular complexity index is 517. The van der Waals surface area contributed by atoms with E-state index in [9.17, 15) is 14.0 Å². The quantitative estimate of drug-likeness (QED) is 0.818. The van der Waals surface area contributed by atoms with Gasteiger partial charge in [0.1, 0.15) is 5.82 Å². The number of hydrogen-bond donors (Lipinski definition) is 2. The zero-order valence-corrected chi connectivity index (χ0v) is 11.0. The van der Waals surface area contributed by atoms with Crippen LogP contribution in [0.4, 0.5) is 4.39 Å². The van der Waals surface area contributed by atoms with Crippen LogP contribution in [0.5, 0.6) is 0 Å². The zero-order valence-electron chi connectivity index (χ0n) is 11.0. The van der Waals surface area contributed by atoms with Crippen molar-refractivity contribution in [2.24, 2.45) is 5.73 Å². The van der Waals surface area contributed by atoms with Crippen LogP contribution in [0.2, 0.25) is 0 Å². The molecule has 1 amide bonds. The molecular formula is C14H17FN2O3. The van der Waals surface area contributed by atoms with Crippen LogP contribution >= 0.6 is 0 Å². The Morgan fingerprint density at radius 3 is 2.60 bits per heavy atom. The van der Waals surface area contributed by atoms with Crippen molar-refractivity contribution in [3.63, 3.8) is 0 Å². The van der Waals surface area contributed by atoms with E-state index < -0.39 is 24.3 Å². The fraction of sp³-hybridized carbons (Fsp3) is 0.429. The minimum absolute atomic E-state index is 0.0435. The first-order valence-corrected chi connectivity index (χ1v) is 6.50. The maximum absolute atomic E-state index is 13.6. The van der Waals surface area contributed by atoms with E-state index in [1.807, 2.05) is 0 Å². The number of benzene rings is 1. The van der Waals surface area contributed by atoms with Gasteiger partial charge in [0.2, 0.25) is 5.91 Å². The molecule has 0 heterocycles. The number of nitrogens with zero attached hydrogens (tertiary/aromatic N) is 1. The molecule has 6 heteroatoms. The van der Waals surface area contributed by atoms with Gasteiger partial charge in [-0.3, -0.25) is 9.59 Å². The minimum Gasteiger partial charge on any atom is -0.481 e. The SMILES string of the molecule is NC(CC(=O)O)C(=O)N(Cc1ccccc1F)C1CC1. The summed E-state index contributed by atoms with van der Waals surface area (Å²) >= 11 is 0. The number of aliphatic carboxylic acids is 1. The first-order chi connectivity index (χ1) is 9.49. The number of halogens is 1. The van der Waals surface area contributed by atoms with Crippen LogP contribution < -0.4 is 5.73 Å². The highest BCUT2D eigenvalue weighted by Gasteiger charge is 2.35. The smallest absolute Gasteiger partial charge is 0.305 e. The summed E-state index contributed by atoms with van der Waals surface area (Å²) in [5.74, 6) is -1.93. The third kappa shape index (κ3) is 3.54. The Morgan fingerprint density at radius 2 is 2.05 bits per heavy atom. The van der Waals surface area contributed by atoms with Crippen molar-refractivity contribution in [2.45, 2.75) is 37.9 Å². The highest BCUT2D eigenvalue weighted by Crippen LogP contribution is 2.29. The first-order valence-electron chi connectivity index (χ1n) is 6.50. The fourth-order valence-electron chi connectivity index (χ4n) is 2.07. The molecule has 1 atom stereocenters. The summed E-state index contributed by atoms with van der Waals surface area (Å²) in [6.45, 7) is 0.128. The Hall–Kier alpha value is -1.95. The van der Waals surface area contributed by atoms with Crippen LogP contribution in [0.3, 0.4) is 0 Å². The van der Waals surface area contributed by atoms with Crippen molar-refractivity contribution in [1.29, 1.82) is 0 Å². The molecule has 3 N–H and O–H groups in total. The average molecular weight is 280 g/mol. The summed E-state index contributed by atoms with van der Waals surface area (Å²) in [6, 6.07) is 5.19. The molecule has 1 aromatic rings. The molecule has 0 spiro atoms. The topological polar surface area (TPSA) is 83.6 Å². The predicted molar refractivity (Wildman–Crippen MR) is 70.2 cm³/mol. The summed E-state index contributed by atoms with van der Waals surface area (Å²) in [4.78, 5) is 24.3. The van der Waals surface area contributed by atoms with Crippen molar-refractivity contribution in [2.75, 3.05) is 0 Å². The van der Waals surface area contributed by atoms with Gasteiger partial charge in [-0.2, -0.15) is 0 Å². The molecule has 0 aromatic heterocycles. The van der Waals surface area contributed by atoms with Crippen LogP contribution in [-0.4, -0.2) is 34.0 Å². The summed E-state index contributed by atoms with van der Waals surface area (Å²) in [5.41, 5.74) is 6.02. The largest absolute Gasteiger partial charge is 0.481 e. The van der Waals surface area contributed by atoms with Crippen LogP contribution in [0.1, 0.15) is 24.8 Å². The molecule has 1 aliphatic carbocycles. The second-order valence-corrected chi connectivity index (χ2v) is 4.99. The average Bonchev–Trinajstić information content (AvgIpc) is 3.20. The lowest BCUT2D eigenvalue weighted by Crippen LogP contribution is -2.45. The van der Waals surface area contributed by atoms with Crippen LogP contribution in [0.25, 0.3) is 0 Å². The fourth-order valence-corrected chi connectivity index (χ4v) is 2.07. The molecule has 0 aliphatic heterocycles. The lowest BCUT2D eigenvalue weighted by atomic mass is 10.1. The van der Waals surface area contributed by atoms with Gasteiger partial charge in [-0.1, -0.05) is 18.2 Å². The van der Waals surface area contributed by atoms with Crippen molar-refractivity contribution in [3.05, 3.63) is 35.6 Å². The van der Waals surface area contributed by atoms with Gasteiger partial charge in [0.15, 0.2) is 0 Å². The Morgan fingerprint density at radius 1 is 1.40 bits per heavy atom. The van der Waals surface area contributed by atoms with E-state index >= 15 is 0 Å². The highest BCUT2D eigenvalue weighted by molar-refractivity contribution is 5.86. The Kier molecular flexibility index (Phi) is 4.34. The van der Waals surface area contributed by atoms with E-state index in [1.54, 1.807) is 18.2 Å². The third-order valence-corrected chi connectivity index (χ3v) is 3.28. The number of carboxylic acid groups (broad SMARTS) is 1. The van der Waals surface area contributed by atoms with Gasteiger partial charge < -0.3 is 15.7 Å². The van der Waals surface area contributed by atoms with Gasteiger partial charge in [0, 0.05) is 18.2 Å². The normalized spacial score (nSPS) is 15.7. The molecule has 1 aliphatic rings.